The Morgan fingerprint density at radius 2 is 2.07 bits per heavy atom. The summed E-state index contributed by atoms with van der Waals surface area (Å²) >= 11 is 0. The normalized spacial score (nSPS) is 18.0. The van der Waals surface area contributed by atoms with Gasteiger partial charge in [-0.2, -0.15) is 0 Å². The predicted molar refractivity (Wildman–Crippen MR) is 154 cm³/mol. The van der Waals surface area contributed by atoms with Gasteiger partial charge in [0.15, 0.2) is 0 Å². The SMILES string of the molecule is C=C/C=C(\C=C/C)c1cn(CCCC=O)nn1.CNc1cc(COC(=O)F)ccc1OC1CC(O)CC(C=O)O1.CO. The maximum atomic E-state index is 12.1. The van der Waals surface area contributed by atoms with Gasteiger partial charge < -0.3 is 39.3 Å². The third-order valence-corrected chi connectivity index (χ3v) is 5.56. The summed E-state index contributed by atoms with van der Waals surface area (Å²) in [6, 6.07) is 4.85. The van der Waals surface area contributed by atoms with E-state index >= 15 is 0 Å². The molecule has 1 saturated heterocycles. The molecule has 230 valence electrons. The van der Waals surface area contributed by atoms with Crippen LogP contribution in [0.4, 0.5) is 14.9 Å². The Morgan fingerprint density at radius 1 is 1.31 bits per heavy atom. The van der Waals surface area contributed by atoms with E-state index in [1.807, 2.05) is 31.3 Å². The number of benzene rings is 1. The van der Waals surface area contributed by atoms with E-state index in [4.69, 9.17) is 14.6 Å². The number of allylic oxidation sites excluding steroid dienone is 5. The molecule has 0 amide bonds. The number of aromatic nitrogens is 3. The van der Waals surface area contributed by atoms with Crippen LogP contribution in [-0.2, 0) is 32.2 Å². The van der Waals surface area contributed by atoms with E-state index in [2.05, 4.69) is 26.9 Å². The second-order valence-electron chi connectivity index (χ2n) is 8.62. The molecule has 1 aliphatic heterocycles. The van der Waals surface area contributed by atoms with Crippen molar-refractivity contribution < 1.29 is 43.2 Å². The lowest BCUT2D eigenvalue weighted by Gasteiger charge is -2.31. The Bertz CT molecular complexity index is 1180. The Balaban J connectivity index is 0.000000413. The summed E-state index contributed by atoms with van der Waals surface area (Å²) in [5.41, 5.74) is 2.94. The first kappa shape index (κ1) is 35.8. The molecular formula is C29H39FN4O8. The first-order chi connectivity index (χ1) is 20.3. The van der Waals surface area contributed by atoms with Gasteiger partial charge in [-0.25, -0.2) is 4.79 Å². The van der Waals surface area contributed by atoms with Gasteiger partial charge in [-0.3, -0.25) is 4.68 Å². The number of nitrogens with zero attached hydrogens (tertiary/aromatic N) is 3. The van der Waals surface area contributed by atoms with Crippen molar-refractivity contribution in [3.8, 4) is 5.75 Å². The smallest absolute Gasteiger partial charge is 0.463 e. The molecule has 3 rings (SSSR count). The van der Waals surface area contributed by atoms with Crippen LogP contribution in [0.3, 0.4) is 0 Å². The second kappa shape index (κ2) is 20.6. The van der Waals surface area contributed by atoms with Crippen LogP contribution in [0, 0.1) is 0 Å². The van der Waals surface area contributed by atoms with Crippen molar-refractivity contribution in [1.82, 2.24) is 15.0 Å². The van der Waals surface area contributed by atoms with Crippen LogP contribution in [0.2, 0.25) is 0 Å². The average Bonchev–Trinajstić information content (AvgIpc) is 3.46. The fourth-order valence-electron chi connectivity index (χ4n) is 3.71. The zero-order chi connectivity index (χ0) is 31.3. The average molecular weight is 591 g/mol. The van der Waals surface area contributed by atoms with Crippen LogP contribution >= 0.6 is 0 Å². The summed E-state index contributed by atoms with van der Waals surface area (Å²) < 4.78 is 29.2. The van der Waals surface area contributed by atoms with Gasteiger partial charge in [0, 0.05) is 45.5 Å². The molecule has 1 aromatic carbocycles. The number of aliphatic hydroxyl groups excluding tert-OH is 2. The highest BCUT2D eigenvalue weighted by Crippen LogP contribution is 2.30. The lowest BCUT2D eigenvalue weighted by atomic mass is 10.1. The summed E-state index contributed by atoms with van der Waals surface area (Å²) in [6.07, 6.45) is 8.79. The van der Waals surface area contributed by atoms with Gasteiger partial charge in [-0.1, -0.05) is 42.2 Å². The highest BCUT2D eigenvalue weighted by molar-refractivity contribution is 5.72. The van der Waals surface area contributed by atoms with Crippen molar-refractivity contribution in [1.29, 1.82) is 0 Å². The van der Waals surface area contributed by atoms with E-state index < -0.39 is 24.7 Å². The molecule has 2 aromatic rings. The quantitative estimate of drug-likeness (QED) is 0.135. The topological polar surface area (TPSA) is 162 Å². The molecule has 2 heterocycles. The van der Waals surface area contributed by atoms with E-state index in [9.17, 15) is 23.9 Å². The largest absolute Gasteiger partial charge is 0.495 e. The molecule has 0 radical (unpaired) electrons. The third kappa shape index (κ3) is 13.0. The lowest BCUT2D eigenvalue weighted by molar-refractivity contribution is -0.175. The van der Waals surface area contributed by atoms with Crippen LogP contribution < -0.4 is 10.1 Å². The monoisotopic (exact) mass is 590 g/mol. The zero-order valence-electron chi connectivity index (χ0n) is 24.0. The van der Waals surface area contributed by atoms with Crippen molar-refractivity contribution in [2.24, 2.45) is 0 Å². The molecule has 0 bridgehead atoms. The standard InChI is InChI=1S/C15H18FNO6.C13H17N3O.CH4O/c1-17-12-4-9(8-21-15(16)20)2-3-13(12)23-14-6-10(19)5-11(7-18)22-14;1-3-7-12(8-4-2)13-11-16(15-14-13)9-5-6-10-17;1-2/h2-4,7,10-11,14,17,19H,5-6,8H2,1H3;3-4,7-8,10-11H,1,5-6,9H2,2H3;2H,1H3/b;8-4-,12-7+;. The minimum Gasteiger partial charge on any atom is -0.463 e. The minimum atomic E-state index is -1.85. The molecule has 0 spiro atoms. The van der Waals surface area contributed by atoms with Crippen LogP contribution in [0.15, 0.2) is 55.3 Å². The lowest BCUT2D eigenvalue weighted by Crippen LogP contribution is -2.39. The number of hydrogen-bond donors (Lipinski definition) is 3. The molecule has 3 atom stereocenters. The number of aliphatic hydroxyl groups is 2. The number of halogens is 1. The van der Waals surface area contributed by atoms with Gasteiger partial charge in [0.25, 0.3) is 0 Å². The van der Waals surface area contributed by atoms with Crippen LogP contribution in [0.25, 0.3) is 5.57 Å². The van der Waals surface area contributed by atoms with Crippen molar-refractivity contribution in [2.75, 3.05) is 19.5 Å². The molecule has 0 aliphatic carbocycles. The minimum absolute atomic E-state index is 0.198. The summed E-state index contributed by atoms with van der Waals surface area (Å²) in [6.45, 7) is 6.13. The van der Waals surface area contributed by atoms with Gasteiger partial charge >= 0.3 is 6.22 Å². The van der Waals surface area contributed by atoms with Crippen LogP contribution in [-0.4, -0.2) is 76.7 Å². The molecule has 12 nitrogen and oxygen atoms in total. The summed E-state index contributed by atoms with van der Waals surface area (Å²) in [5, 5.41) is 27.7. The van der Waals surface area contributed by atoms with E-state index in [1.165, 1.54) is 0 Å². The van der Waals surface area contributed by atoms with Gasteiger partial charge in [-0.05, 0) is 31.0 Å². The number of anilines is 1. The molecule has 3 N–H and O–H groups in total. The Hall–Kier alpha value is -4.20. The molecule has 1 aromatic heterocycles. The number of carbonyl (C=O) groups is 3. The number of aryl methyl sites for hydroxylation is 1. The second-order valence-corrected chi connectivity index (χ2v) is 8.62. The number of aldehydes is 2. The number of ether oxygens (including phenoxy) is 3. The zero-order valence-corrected chi connectivity index (χ0v) is 24.0. The predicted octanol–water partition coefficient (Wildman–Crippen LogP) is 3.79. The summed E-state index contributed by atoms with van der Waals surface area (Å²) in [7, 11) is 2.66. The van der Waals surface area contributed by atoms with Gasteiger partial charge in [0.05, 0.1) is 18.0 Å². The summed E-state index contributed by atoms with van der Waals surface area (Å²) in [5.74, 6) is 0.437. The van der Waals surface area contributed by atoms with E-state index in [-0.39, 0.29) is 19.4 Å². The number of unbranched alkanes of at least 4 members (excludes halogenated alkanes) is 1. The van der Waals surface area contributed by atoms with Crippen molar-refractivity contribution in [2.45, 2.75) is 64.3 Å². The van der Waals surface area contributed by atoms with Crippen molar-refractivity contribution in [3.05, 3.63) is 66.5 Å². The van der Waals surface area contributed by atoms with Crippen molar-refractivity contribution >= 4 is 30.1 Å². The van der Waals surface area contributed by atoms with Gasteiger partial charge in [0.1, 0.15) is 36.7 Å². The fraction of sp³-hybridized carbons (Fsp3) is 0.414. The molecule has 42 heavy (non-hydrogen) atoms. The first-order valence-electron chi connectivity index (χ1n) is 13.2. The molecule has 1 aliphatic rings. The van der Waals surface area contributed by atoms with Crippen molar-refractivity contribution in [3.63, 3.8) is 0 Å². The molecular weight excluding hydrogens is 551 g/mol. The number of rotatable bonds is 13. The molecule has 0 saturated carbocycles. The van der Waals surface area contributed by atoms with E-state index in [0.717, 1.165) is 31.1 Å². The van der Waals surface area contributed by atoms with Gasteiger partial charge in [-0.15, -0.1) is 9.49 Å². The Labute approximate surface area is 244 Å². The van der Waals surface area contributed by atoms with E-state index in [1.54, 1.807) is 36.0 Å². The molecule has 3 unspecified atom stereocenters. The Morgan fingerprint density at radius 3 is 2.69 bits per heavy atom. The number of carbonyl (C=O) groups excluding carboxylic acids is 3. The van der Waals surface area contributed by atoms with Gasteiger partial charge in [0.2, 0.25) is 6.29 Å². The van der Waals surface area contributed by atoms with E-state index in [0.29, 0.717) is 36.3 Å². The van der Waals surface area contributed by atoms with Crippen LogP contribution in [0.5, 0.6) is 5.75 Å². The number of nitrogens with one attached hydrogen (secondary N) is 1. The molecule has 13 heteroatoms. The fourth-order valence-corrected chi connectivity index (χ4v) is 3.71. The highest BCUT2D eigenvalue weighted by Gasteiger charge is 2.29. The first-order valence-corrected chi connectivity index (χ1v) is 13.2. The maximum absolute atomic E-state index is 12.1. The van der Waals surface area contributed by atoms with Crippen LogP contribution in [0.1, 0.15) is 43.9 Å². The molecule has 1 fully saturated rings. The maximum Gasteiger partial charge on any atom is 0.495 e. The number of hydrogen-bond acceptors (Lipinski definition) is 11. The third-order valence-electron chi connectivity index (χ3n) is 5.56. The highest BCUT2D eigenvalue weighted by atomic mass is 19.1. The summed E-state index contributed by atoms with van der Waals surface area (Å²) in [4.78, 5) is 31.2. The Kier molecular flexibility index (Phi) is 17.6.